The summed E-state index contributed by atoms with van der Waals surface area (Å²) in [7, 11) is 1.55. The van der Waals surface area contributed by atoms with Crippen molar-refractivity contribution in [3.8, 4) is 5.75 Å². The van der Waals surface area contributed by atoms with Crippen molar-refractivity contribution < 1.29 is 9.13 Å². The molecule has 0 amide bonds. The fraction of sp³-hybridized carbons (Fsp3) is 0.467. The molecule has 1 N–H and O–H groups in total. The van der Waals surface area contributed by atoms with E-state index in [1.807, 2.05) is 27.7 Å². The summed E-state index contributed by atoms with van der Waals surface area (Å²) in [4.78, 5) is 8.57. The number of hydrogen-bond donors (Lipinski definition) is 1. The highest BCUT2D eigenvalue weighted by Gasteiger charge is 2.27. The van der Waals surface area contributed by atoms with Gasteiger partial charge in [-0.25, -0.2) is 9.82 Å². The molecule has 1 aromatic carbocycles. The molecule has 0 saturated heterocycles. The number of benzene rings is 1. The van der Waals surface area contributed by atoms with Gasteiger partial charge in [0.25, 0.3) is 0 Å². The van der Waals surface area contributed by atoms with Gasteiger partial charge in [0.05, 0.1) is 7.11 Å². The molecule has 0 radical (unpaired) electrons. The van der Waals surface area contributed by atoms with Crippen molar-refractivity contribution in [3.05, 3.63) is 17.9 Å². The summed E-state index contributed by atoms with van der Waals surface area (Å²) in [6.07, 6.45) is 2.40. The summed E-state index contributed by atoms with van der Waals surface area (Å²) in [5.41, 5.74) is 4.45. The minimum atomic E-state index is -0.420. The van der Waals surface area contributed by atoms with Crippen LogP contribution in [-0.2, 0) is 0 Å². The Balaban J connectivity index is 2.41. The van der Waals surface area contributed by atoms with Crippen molar-refractivity contribution in [2.24, 2.45) is 9.98 Å². The summed E-state index contributed by atoms with van der Waals surface area (Å²) in [5, 5.41) is 1.65. The summed E-state index contributed by atoms with van der Waals surface area (Å²) in [6, 6.07) is 3.01. The van der Waals surface area contributed by atoms with E-state index in [0.29, 0.717) is 11.4 Å². The van der Waals surface area contributed by atoms with Crippen LogP contribution in [-0.4, -0.2) is 24.8 Å². The van der Waals surface area contributed by atoms with Gasteiger partial charge in [0, 0.05) is 17.8 Å². The summed E-state index contributed by atoms with van der Waals surface area (Å²) in [6.45, 7) is 7.71. The number of hydrazine groups is 1. The molecule has 1 aromatic rings. The number of rotatable bonds is 4. The van der Waals surface area contributed by atoms with Crippen molar-refractivity contribution in [2.75, 3.05) is 12.1 Å². The fourth-order valence-corrected chi connectivity index (χ4v) is 1.93. The maximum atomic E-state index is 14.2. The number of aliphatic imine (C=N–C) groups is 2. The Morgan fingerprint density at radius 2 is 2.19 bits per heavy atom. The van der Waals surface area contributed by atoms with Crippen LogP contribution in [0.5, 0.6) is 5.75 Å². The van der Waals surface area contributed by atoms with Crippen molar-refractivity contribution in [3.63, 3.8) is 0 Å². The van der Waals surface area contributed by atoms with E-state index in [-0.39, 0.29) is 5.69 Å². The third-order valence-electron chi connectivity index (χ3n) is 3.22. The molecule has 0 fully saturated rings. The largest absolute Gasteiger partial charge is 0.494 e. The lowest BCUT2D eigenvalue weighted by Crippen LogP contribution is -2.43. The molecule has 1 heterocycles. The molecule has 5 nitrogen and oxygen atoms in total. The van der Waals surface area contributed by atoms with E-state index in [0.717, 1.165) is 12.1 Å². The smallest absolute Gasteiger partial charge is 0.151 e. The van der Waals surface area contributed by atoms with Gasteiger partial charge in [-0.3, -0.25) is 15.0 Å². The predicted molar refractivity (Wildman–Crippen MR) is 84.2 cm³/mol. The van der Waals surface area contributed by atoms with Crippen LogP contribution in [0.3, 0.4) is 0 Å². The molecule has 0 aromatic heterocycles. The second kappa shape index (κ2) is 5.81. The highest BCUT2D eigenvalue weighted by Crippen LogP contribution is 2.35. The van der Waals surface area contributed by atoms with E-state index in [4.69, 9.17) is 4.74 Å². The summed E-state index contributed by atoms with van der Waals surface area (Å²) in [5.74, 6) is 0.147. The predicted octanol–water partition coefficient (Wildman–Crippen LogP) is 3.43. The number of hydrogen-bond acceptors (Lipinski definition) is 5. The average Bonchev–Trinajstić information content (AvgIpc) is 2.80. The molecular formula is C15H21FN4O. The molecule has 1 aliphatic heterocycles. The molecule has 0 bridgehead atoms. The van der Waals surface area contributed by atoms with Gasteiger partial charge in [-0.05, 0) is 27.2 Å². The Morgan fingerprint density at radius 1 is 1.48 bits per heavy atom. The topological polar surface area (TPSA) is 49.2 Å². The molecule has 6 heteroatoms. The quantitative estimate of drug-likeness (QED) is 0.865. The number of halogens is 1. The van der Waals surface area contributed by atoms with Gasteiger partial charge in [0.1, 0.15) is 29.1 Å². The normalized spacial score (nSPS) is 17.4. The van der Waals surface area contributed by atoms with E-state index in [9.17, 15) is 4.39 Å². The SMILES string of the molecule is CCC(C)=Nc1cc(OC)c(N2C=NC(C)(C)N2)cc1F. The number of ether oxygens (including phenoxy) is 1. The van der Waals surface area contributed by atoms with E-state index in [1.165, 1.54) is 6.07 Å². The van der Waals surface area contributed by atoms with Crippen LogP contribution in [0.1, 0.15) is 34.1 Å². The van der Waals surface area contributed by atoms with E-state index >= 15 is 0 Å². The highest BCUT2D eigenvalue weighted by molar-refractivity contribution is 5.86. The van der Waals surface area contributed by atoms with Crippen LogP contribution in [0.4, 0.5) is 15.8 Å². The van der Waals surface area contributed by atoms with Gasteiger partial charge in [0.15, 0.2) is 5.82 Å². The van der Waals surface area contributed by atoms with Crippen molar-refractivity contribution in [1.82, 2.24) is 5.43 Å². The molecular weight excluding hydrogens is 271 g/mol. The zero-order valence-corrected chi connectivity index (χ0v) is 13.1. The monoisotopic (exact) mass is 292 g/mol. The van der Waals surface area contributed by atoms with Crippen molar-refractivity contribution in [1.29, 1.82) is 0 Å². The maximum Gasteiger partial charge on any atom is 0.151 e. The lowest BCUT2D eigenvalue weighted by Gasteiger charge is -2.23. The lowest BCUT2D eigenvalue weighted by molar-refractivity contribution is 0.408. The van der Waals surface area contributed by atoms with Crippen LogP contribution in [0, 0.1) is 5.82 Å². The Kier molecular flexibility index (Phi) is 4.27. The first-order valence-electron chi connectivity index (χ1n) is 6.90. The zero-order valence-electron chi connectivity index (χ0n) is 13.1. The number of anilines is 1. The average molecular weight is 292 g/mol. The Hall–Kier alpha value is -1.95. The molecule has 114 valence electrons. The highest BCUT2D eigenvalue weighted by atomic mass is 19.1. The van der Waals surface area contributed by atoms with Crippen LogP contribution in [0.2, 0.25) is 0 Å². The summed E-state index contributed by atoms with van der Waals surface area (Å²) >= 11 is 0. The molecule has 2 rings (SSSR count). The van der Waals surface area contributed by atoms with Crippen LogP contribution in [0.15, 0.2) is 22.1 Å². The first-order chi connectivity index (χ1) is 9.86. The number of nitrogens with one attached hydrogen (secondary N) is 1. The third-order valence-corrected chi connectivity index (χ3v) is 3.22. The number of methoxy groups -OCH3 is 1. The van der Waals surface area contributed by atoms with Gasteiger partial charge in [-0.2, -0.15) is 0 Å². The second-order valence-corrected chi connectivity index (χ2v) is 5.46. The molecule has 0 atom stereocenters. The van der Waals surface area contributed by atoms with Gasteiger partial charge in [0.2, 0.25) is 0 Å². The maximum absolute atomic E-state index is 14.2. The van der Waals surface area contributed by atoms with Crippen LogP contribution in [0.25, 0.3) is 0 Å². The van der Waals surface area contributed by atoms with Crippen LogP contribution >= 0.6 is 0 Å². The molecule has 0 aliphatic carbocycles. The minimum absolute atomic E-state index is 0.283. The molecule has 0 saturated carbocycles. The lowest BCUT2D eigenvalue weighted by atomic mass is 10.2. The molecule has 1 aliphatic rings. The first kappa shape index (κ1) is 15.4. The standard InChI is InChI=1S/C15H21FN4O/c1-6-10(2)18-12-8-14(21-5)13(7-11(12)16)20-9-17-15(3,4)19-20/h7-9,19H,6H2,1-5H3. The fourth-order valence-electron chi connectivity index (χ4n) is 1.93. The Labute approximate surface area is 124 Å². The molecule has 0 unspecified atom stereocenters. The Morgan fingerprint density at radius 3 is 2.71 bits per heavy atom. The van der Waals surface area contributed by atoms with Gasteiger partial charge < -0.3 is 4.74 Å². The van der Waals surface area contributed by atoms with E-state index < -0.39 is 11.5 Å². The third kappa shape index (κ3) is 3.39. The second-order valence-electron chi connectivity index (χ2n) is 5.46. The van der Waals surface area contributed by atoms with Crippen LogP contribution < -0.4 is 15.2 Å². The van der Waals surface area contributed by atoms with E-state index in [2.05, 4.69) is 15.4 Å². The van der Waals surface area contributed by atoms with Crippen molar-refractivity contribution in [2.45, 2.75) is 39.8 Å². The Bertz CT molecular complexity index is 596. The summed E-state index contributed by atoms with van der Waals surface area (Å²) < 4.78 is 19.6. The minimum Gasteiger partial charge on any atom is -0.494 e. The van der Waals surface area contributed by atoms with Gasteiger partial charge >= 0.3 is 0 Å². The van der Waals surface area contributed by atoms with Crippen molar-refractivity contribution >= 4 is 23.4 Å². The van der Waals surface area contributed by atoms with E-state index in [1.54, 1.807) is 24.5 Å². The first-order valence-corrected chi connectivity index (χ1v) is 6.90. The molecule has 0 spiro atoms. The van der Waals surface area contributed by atoms with Gasteiger partial charge in [-0.15, -0.1) is 0 Å². The van der Waals surface area contributed by atoms with Gasteiger partial charge in [-0.1, -0.05) is 6.92 Å². The molecule has 21 heavy (non-hydrogen) atoms. The zero-order chi connectivity index (χ0) is 15.6. The number of nitrogens with zero attached hydrogens (tertiary/aromatic N) is 3.